The first-order valence-electron chi connectivity index (χ1n) is 14.3. The second-order valence-corrected chi connectivity index (χ2v) is 10.4. The molecule has 1 aliphatic heterocycles. The maximum absolute atomic E-state index is 11.0. The lowest BCUT2D eigenvalue weighted by Crippen LogP contribution is -2.29. The molecule has 1 aliphatic rings. The van der Waals surface area contributed by atoms with E-state index >= 15 is 0 Å². The summed E-state index contributed by atoms with van der Waals surface area (Å²) in [4.78, 5) is 15.4. The van der Waals surface area contributed by atoms with E-state index in [1.165, 1.54) is 16.7 Å². The van der Waals surface area contributed by atoms with Crippen molar-refractivity contribution in [3.05, 3.63) is 83.9 Å². The van der Waals surface area contributed by atoms with Crippen molar-refractivity contribution in [1.29, 1.82) is 0 Å². The van der Waals surface area contributed by atoms with Gasteiger partial charge in [-0.15, -0.1) is 10.2 Å². The SMILES string of the molecule is CCn1nnc([C@H]2O[C@@H](n3cnc4c(NCCc5ccccc5)nc(N[C@H](CO)Cc5ccccc5)nc43)[C@H](O)[C@@H]2O)n1. The fourth-order valence-corrected chi connectivity index (χ4v) is 5.11. The maximum Gasteiger partial charge on any atom is 0.227 e. The van der Waals surface area contributed by atoms with E-state index in [1.54, 1.807) is 4.57 Å². The van der Waals surface area contributed by atoms with Gasteiger partial charge >= 0.3 is 0 Å². The molecule has 5 aromatic rings. The number of nitrogens with zero attached hydrogens (tertiary/aromatic N) is 8. The molecule has 0 unspecified atom stereocenters. The van der Waals surface area contributed by atoms with Crippen LogP contribution in [0.5, 0.6) is 0 Å². The van der Waals surface area contributed by atoms with E-state index in [4.69, 9.17) is 14.7 Å². The molecule has 3 aromatic heterocycles. The molecule has 0 bridgehead atoms. The maximum atomic E-state index is 11.0. The third-order valence-corrected chi connectivity index (χ3v) is 7.37. The van der Waals surface area contributed by atoms with Gasteiger partial charge in [-0.05, 0) is 36.1 Å². The summed E-state index contributed by atoms with van der Waals surface area (Å²) in [5.41, 5.74) is 3.06. The molecular formula is C29H34N10O4. The highest BCUT2D eigenvalue weighted by Gasteiger charge is 2.47. The molecule has 0 amide bonds. The molecule has 2 aromatic carbocycles. The van der Waals surface area contributed by atoms with Gasteiger partial charge in [-0.3, -0.25) is 4.57 Å². The van der Waals surface area contributed by atoms with Crippen LogP contribution in [0, 0.1) is 0 Å². The van der Waals surface area contributed by atoms with Crippen LogP contribution in [0.25, 0.3) is 11.2 Å². The molecule has 4 heterocycles. The Labute approximate surface area is 247 Å². The van der Waals surface area contributed by atoms with Crippen molar-refractivity contribution < 1.29 is 20.1 Å². The number of ether oxygens (including phenoxy) is 1. The van der Waals surface area contributed by atoms with Crippen LogP contribution in [0.1, 0.15) is 36.2 Å². The highest BCUT2D eigenvalue weighted by Crippen LogP contribution is 2.39. The van der Waals surface area contributed by atoms with Gasteiger partial charge in [0.15, 0.2) is 29.3 Å². The van der Waals surface area contributed by atoms with Crippen molar-refractivity contribution in [3.8, 4) is 0 Å². The largest absolute Gasteiger partial charge is 0.394 e. The van der Waals surface area contributed by atoms with Crippen LogP contribution in [-0.2, 0) is 24.1 Å². The van der Waals surface area contributed by atoms with Crippen LogP contribution in [-0.4, -0.2) is 86.4 Å². The molecule has 43 heavy (non-hydrogen) atoms. The molecule has 6 rings (SSSR count). The normalized spacial score (nSPS) is 20.8. The molecule has 0 radical (unpaired) electrons. The first-order chi connectivity index (χ1) is 21.0. The van der Waals surface area contributed by atoms with E-state index < -0.39 is 24.5 Å². The van der Waals surface area contributed by atoms with Crippen LogP contribution in [0.4, 0.5) is 11.8 Å². The van der Waals surface area contributed by atoms with Crippen LogP contribution in [0.15, 0.2) is 67.0 Å². The number of hydrogen-bond donors (Lipinski definition) is 5. The van der Waals surface area contributed by atoms with E-state index in [2.05, 4.69) is 43.2 Å². The quantitative estimate of drug-likeness (QED) is 0.142. The summed E-state index contributed by atoms with van der Waals surface area (Å²) < 4.78 is 7.65. The number of fused-ring (bicyclic) bond motifs is 1. The number of aliphatic hydroxyl groups is 3. The van der Waals surface area contributed by atoms with Crippen molar-refractivity contribution >= 4 is 22.9 Å². The average molecular weight is 587 g/mol. The van der Waals surface area contributed by atoms with Gasteiger partial charge < -0.3 is 30.7 Å². The Morgan fingerprint density at radius 1 is 0.977 bits per heavy atom. The molecule has 0 aliphatic carbocycles. The predicted octanol–water partition coefficient (Wildman–Crippen LogP) is 1.49. The summed E-state index contributed by atoms with van der Waals surface area (Å²) in [5, 5.41) is 50.8. The third kappa shape index (κ3) is 6.17. The Morgan fingerprint density at radius 3 is 2.42 bits per heavy atom. The van der Waals surface area contributed by atoms with Crippen LogP contribution in [0.2, 0.25) is 0 Å². The van der Waals surface area contributed by atoms with Crippen LogP contribution >= 0.6 is 0 Å². The Kier molecular flexibility index (Phi) is 8.51. The molecule has 5 atom stereocenters. The van der Waals surface area contributed by atoms with Gasteiger partial charge in [0, 0.05) is 6.54 Å². The van der Waals surface area contributed by atoms with E-state index in [0.717, 1.165) is 12.0 Å². The molecule has 1 saturated heterocycles. The summed E-state index contributed by atoms with van der Waals surface area (Å²) >= 11 is 0. The molecule has 14 heteroatoms. The van der Waals surface area contributed by atoms with E-state index in [1.807, 2.05) is 55.5 Å². The van der Waals surface area contributed by atoms with E-state index in [9.17, 15) is 15.3 Å². The first kappa shape index (κ1) is 28.6. The number of anilines is 2. The Bertz CT molecular complexity index is 1630. The monoisotopic (exact) mass is 586 g/mol. The molecule has 0 spiro atoms. The van der Waals surface area contributed by atoms with Crippen molar-refractivity contribution in [2.24, 2.45) is 0 Å². The minimum Gasteiger partial charge on any atom is -0.394 e. The van der Waals surface area contributed by atoms with Crippen molar-refractivity contribution in [2.45, 2.75) is 56.9 Å². The predicted molar refractivity (Wildman–Crippen MR) is 157 cm³/mol. The standard InChI is InChI=1S/C29H34N10O4/c1-2-39-36-26(35-37-39)24-22(41)23(42)28(43-24)38-17-31-21-25(30-14-13-18-9-5-3-6-10-18)33-29(34-27(21)38)32-20(16-40)15-19-11-7-4-8-12-19/h3-12,17,20,22-24,28,40-42H,2,13-16H2,1H3,(H2,30,32,33,34)/t20-,22-,23+,24-,28+/m0/s1. The number of benzene rings is 2. The second kappa shape index (κ2) is 12.8. The Hall–Kier alpha value is -4.50. The number of nitrogens with one attached hydrogen (secondary N) is 2. The fraction of sp³-hybridized carbons (Fsp3) is 0.379. The number of rotatable bonds is 12. The van der Waals surface area contributed by atoms with Crippen molar-refractivity contribution in [1.82, 2.24) is 39.7 Å². The van der Waals surface area contributed by atoms with E-state index in [0.29, 0.717) is 36.5 Å². The smallest absolute Gasteiger partial charge is 0.227 e. The highest BCUT2D eigenvalue weighted by atomic mass is 16.6. The van der Waals surface area contributed by atoms with Gasteiger partial charge in [0.2, 0.25) is 11.8 Å². The van der Waals surface area contributed by atoms with Gasteiger partial charge in [-0.25, -0.2) is 4.98 Å². The third-order valence-electron chi connectivity index (χ3n) is 7.37. The Morgan fingerprint density at radius 2 is 1.72 bits per heavy atom. The fourth-order valence-electron chi connectivity index (χ4n) is 5.11. The van der Waals surface area contributed by atoms with E-state index in [-0.39, 0.29) is 24.4 Å². The topological polar surface area (TPSA) is 181 Å². The van der Waals surface area contributed by atoms with Gasteiger partial charge in [-0.2, -0.15) is 14.8 Å². The lowest BCUT2D eigenvalue weighted by Gasteiger charge is -2.19. The zero-order valence-corrected chi connectivity index (χ0v) is 23.6. The van der Waals surface area contributed by atoms with Crippen molar-refractivity contribution in [2.75, 3.05) is 23.8 Å². The number of aromatic nitrogens is 8. The Balaban J connectivity index is 1.31. The average Bonchev–Trinajstić information content (AvgIpc) is 3.76. The minimum atomic E-state index is -1.32. The first-order valence-corrected chi connectivity index (χ1v) is 14.3. The zero-order valence-electron chi connectivity index (χ0n) is 23.6. The van der Waals surface area contributed by atoms with Gasteiger partial charge in [0.1, 0.15) is 12.2 Å². The lowest BCUT2D eigenvalue weighted by atomic mass is 10.1. The van der Waals surface area contributed by atoms with Gasteiger partial charge in [-0.1, -0.05) is 60.7 Å². The second-order valence-electron chi connectivity index (χ2n) is 10.4. The number of imidazole rings is 1. The molecule has 224 valence electrons. The van der Waals surface area contributed by atoms with Gasteiger partial charge in [0.25, 0.3) is 0 Å². The molecule has 1 fully saturated rings. The minimum absolute atomic E-state index is 0.143. The molecule has 14 nitrogen and oxygen atoms in total. The number of tetrazole rings is 1. The summed E-state index contributed by atoms with van der Waals surface area (Å²) in [6, 6.07) is 19.6. The molecule has 0 saturated carbocycles. The van der Waals surface area contributed by atoms with Crippen LogP contribution in [0.3, 0.4) is 0 Å². The summed E-state index contributed by atoms with van der Waals surface area (Å²) in [6.45, 7) is 2.80. The lowest BCUT2D eigenvalue weighted by molar-refractivity contribution is -0.0384. The number of aliphatic hydroxyl groups excluding tert-OH is 3. The van der Waals surface area contributed by atoms with Crippen LogP contribution < -0.4 is 10.6 Å². The summed E-state index contributed by atoms with van der Waals surface area (Å²) in [5.74, 6) is 0.923. The van der Waals surface area contributed by atoms with Crippen molar-refractivity contribution in [3.63, 3.8) is 0 Å². The number of aryl methyl sites for hydroxylation is 1. The molecule has 5 N–H and O–H groups in total. The highest BCUT2D eigenvalue weighted by molar-refractivity contribution is 5.84. The van der Waals surface area contributed by atoms with Gasteiger partial charge in [0.05, 0.1) is 25.5 Å². The molecular weight excluding hydrogens is 552 g/mol. The summed E-state index contributed by atoms with van der Waals surface area (Å²) in [6.07, 6.45) is -1.84. The number of hydrogen-bond acceptors (Lipinski definition) is 12. The zero-order chi connectivity index (χ0) is 29.8. The summed E-state index contributed by atoms with van der Waals surface area (Å²) in [7, 11) is 0.